The van der Waals surface area contributed by atoms with Crippen molar-refractivity contribution in [2.24, 2.45) is 5.73 Å². The minimum absolute atomic E-state index is 0.565. The quantitative estimate of drug-likeness (QED) is 0.624. The van der Waals surface area contributed by atoms with E-state index in [4.69, 9.17) is 5.73 Å². The summed E-state index contributed by atoms with van der Waals surface area (Å²) in [5, 5.41) is 19.9. The standard InChI is InChI=1S/C8H9N3O6S/c1-5(9)18(16,17)8-3-2-6(10(12)13)4-7(8)11(14)15/h2-5H,9H2,1H3. The first-order valence-corrected chi connectivity index (χ1v) is 6.15. The predicted molar refractivity (Wildman–Crippen MR) is 60.6 cm³/mol. The third kappa shape index (κ3) is 2.43. The Balaban J connectivity index is 3.57. The van der Waals surface area contributed by atoms with Gasteiger partial charge >= 0.3 is 0 Å². The van der Waals surface area contributed by atoms with Crippen molar-refractivity contribution in [2.45, 2.75) is 17.2 Å². The largest absolute Gasteiger partial charge is 0.315 e. The van der Waals surface area contributed by atoms with Gasteiger partial charge in [0.05, 0.1) is 15.9 Å². The summed E-state index contributed by atoms with van der Waals surface area (Å²) >= 11 is 0. The Bertz CT molecular complexity index is 609. The number of rotatable bonds is 4. The molecule has 0 heterocycles. The molecule has 0 spiro atoms. The van der Waals surface area contributed by atoms with Gasteiger partial charge in [-0.1, -0.05) is 0 Å². The Morgan fingerprint density at radius 2 is 1.78 bits per heavy atom. The van der Waals surface area contributed by atoms with Crippen LogP contribution in [0.25, 0.3) is 0 Å². The lowest BCUT2D eigenvalue weighted by Crippen LogP contribution is -2.27. The molecule has 1 aromatic carbocycles. The van der Waals surface area contributed by atoms with E-state index in [1.54, 1.807) is 0 Å². The third-order valence-corrected chi connectivity index (χ3v) is 4.08. The van der Waals surface area contributed by atoms with E-state index >= 15 is 0 Å². The first-order chi connectivity index (χ1) is 8.17. The maximum atomic E-state index is 11.7. The highest BCUT2D eigenvalue weighted by atomic mass is 32.2. The lowest BCUT2D eigenvalue weighted by atomic mass is 10.3. The molecule has 2 N–H and O–H groups in total. The van der Waals surface area contributed by atoms with E-state index in [-0.39, 0.29) is 0 Å². The number of sulfone groups is 1. The number of nitrogens with two attached hydrogens (primary N) is 1. The first kappa shape index (κ1) is 14.0. The fraction of sp³-hybridized carbons (Fsp3) is 0.250. The molecule has 0 saturated heterocycles. The molecule has 0 fully saturated rings. The zero-order chi connectivity index (χ0) is 14.1. The Morgan fingerprint density at radius 3 is 2.17 bits per heavy atom. The number of non-ortho nitro benzene ring substituents is 1. The Labute approximate surface area is 101 Å². The van der Waals surface area contributed by atoms with E-state index in [9.17, 15) is 28.6 Å². The summed E-state index contributed by atoms with van der Waals surface area (Å²) in [5.41, 5.74) is 3.80. The second kappa shape index (κ2) is 4.66. The first-order valence-electron chi connectivity index (χ1n) is 4.60. The van der Waals surface area contributed by atoms with Crippen molar-refractivity contribution in [2.75, 3.05) is 0 Å². The zero-order valence-corrected chi connectivity index (χ0v) is 9.96. The van der Waals surface area contributed by atoms with Crippen LogP contribution in [0.3, 0.4) is 0 Å². The van der Waals surface area contributed by atoms with Gasteiger partial charge in [0.1, 0.15) is 10.3 Å². The van der Waals surface area contributed by atoms with E-state index in [2.05, 4.69) is 0 Å². The van der Waals surface area contributed by atoms with Crippen molar-refractivity contribution in [3.05, 3.63) is 38.4 Å². The van der Waals surface area contributed by atoms with Crippen LogP contribution in [0.4, 0.5) is 11.4 Å². The average molecular weight is 275 g/mol. The highest BCUT2D eigenvalue weighted by Crippen LogP contribution is 2.29. The van der Waals surface area contributed by atoms with Crippen LogP contribution < -0.4 is 5.73 Å². The number of hydrogen-bond donors (Lipinski definition) is 1. The highest BCUT2D eigenvalue weighted by Gasteiger charge is 2.30. The predicted octanol–water partition coefficient (Wildman–Crippen LogP) is 0.581. The highest BCUT2D eigenvalue weighted by molar-refractivity contribution is 7.92. The minimum atomic E-state index is -4.08. The molecule has 0 amide bonds. The summed E-state index contributed by atoms with van der Waals surface area (Å²) in [6, 6.07) is 2.28. The third-order valence-electron chi connectivity index (χ3n) is 2.15. The molecule has 18 heavy (non-hydrogen) atoms. The molecule has 0 aliphatic carbocycles. The molecule has 0 aliphatic heterocycles. The van der Waals surface area contributed by atoms with Crippen molar-refractivity contribution < 1.29 is 18.3 Å². The van der Waals surface area contributed by atoms with E-state index < -0.39 is 41.3 Å². The fourth-order valence-corrected chi connectivity index (χ4v) is 2.29. The second-order valence-electron chi connectivity index (χ2n) is 3.42. The molecule has 1 atom stereocenters. The number of nitro benzene ring substituents is 2. The molecular weight excluding hydrogens is 266 g/mol. The maximum absolute atomic E-state index is 11.7. The van der Waals surface area contributed by atoms with Crippen LogP contribution in [-0.2, 0) is 9.84 Å². The summed E-state index contributed by atoms with van der Waals surface area (Å²) < 4.78 is 23.5. The lowest BCUT2D eigenvalue weighted by molar-refractivity contribution is -0.396. The molecule has 0 bridgehead atoms. The zero-order valence-electron chi connectivity index (χ0n) is 9.14. The van der Waals surface area contributed by atoms with Gasteiger partial charge in [-0.05, 0) is 13.0 Å². The minimum Gasteiger partial charge on any atom is -0.315 e. The average Bonchev–Trinajstić information content (AvgIpc) is 2.27. The second-order valence-corrected chi connectivity index (χ2v) is 5.69. The van der Waals surface area contributed by atoms with Crippen LogP contribution in [0.1, 0.15) is 6.92 Å². The van der Waals surface area contributed by atoms with E-state index in [1.807, 2.05) is 0 Å². The van der Waals surface area contributed by atoms with Gasteiger partial charge in [0.2, 0.25) is 0 Å². The van der Waals surface area contributed by atoms with Gasteiger partial charge in [-0.15, -0.1) is 0 Å². The molecule has 0 aromatic heterocycles. The summed E-state index contributed by atoms with van der Waals surface area (Å²) in [6.07, 6.45) is 0. The van der Waals surface area contributed by atoms with Gasteiger partial charge in [0, 0.05) is 6.07 Å². The summed E-state index contributed by atoms with van der Waals surface area (Å²) in [5.74, 6) is 0. The summed E-state index contributed by atoms with van der Waals surface area (Å²) in [4.78, 5) is 18.7. The molecule has 0 saturated carbocycles. The molecule has 0 radical (unpaired) electrons. The Morgan fingerprint density at radius 1 is 1.22 bits per heavy atom. The van der Waals surface area contributed by atoms with Crippen LogP contribution >= 0.6 is 0 Å². The van der Waals surface area contributed by atoms with E-state index in [1.165, 1.54) is 0 Å². The van der Waals surface area contributed by atoms with Crippen molar-refractivity contribution in [3.8, 4) is 0 Å². The van der Waals surface area contributed by atoms with Crippen LogP contribution in [-0.4, -0.2) is 23.6 Å². The topological polar surface area (TPSA) is 146 Å². The van der Waals surface area contributed by atoms with Crippen molar-refractivity contribution in [3.63, 3.8) is 0 Å². The monoisotopic (exact) mass is 275 g/mol. The van der Waals surface area contributed by atoms with Crippen molar-refractivity contribution in [1.29, 1.82) is 0 Å². The van der Waals surface area contributed by atoms with Gasteiger partial charge in [-0.2, -0.15) is 0 Å². The van der Waals surface area contributed by atoms with E-state index in [0.717, 1.165) is 19.1 Å². The summed E-state index contributed by atoms with van der Waals surface area (Å²) in [7, 11) is -4.08. The number of hydrogen-bond acceptors (Lipinski definition) is 7. The van der Waals surface area contributed by atoms with Gasteiger partial charge in [0.15, 0.2) is 9.84 Å². The number of benzene rings is 1. The fourth-order valence-electron chi connectivity index (χ4n) is 1.20. The lowest BCUT2D eigenvalue weighted by Gasteiger charge is -2.07. The normalized spacial score (nSPS) is 13.0. The SMILES string of the molecule is CC(N)S(=O)(=O)c1ccc([N+](=O)[O-])cc1[N+](=O)[O-]. The molecular formula is C8H9N3O6S. The van der Waals surface area contributed by atoms with E-state index in [0.29, 0.717) is 6.07 Å². The maximum Gasteiger partial charge on any atom is 0.294 e. The van der Waals surface area contributed by atoms with Gasteiger partial charge in [-0.3, -0.25) is 20.2 Å². The molecule has 10 heteroatoms. The molecule has 1 aromatic rings. The summed E-state index contributed by atoms with van der Waals surface area (Å²) in [6.45, 7) is 1.15. The molecule has 9 nitrogen and oxygen atoms in total. The van der Waals surface area contributed by atoms with Crippen molar-refractivity contribution >= 4 is 21.2 Å². The molecule has 1 unspecified atom stereocenters. The van der Waals surface area contributed by atoms with Gasteiger partial charge < -0.3 is 5.73 Å². The molecule has 1 rings (SSSR count). The van der Waals surface area contributed by atoms with Gasteiger partial charge in [0.25, 0.3) is 11.4 Å². The molecule has 98 valence electrons. The Hall–Kier alpha value is -2.07. The van der Waals surface area contributed by atoms with Gasteiger partial charge in [-0.25, -0.2) is 8.42 Å². The van der Waals surface area contributed by atoms with Crippen LogP contribution in [0.2, 0.25) is 0 Å². The smallest absolute Gasteiger partial charge is 0.294 e. The van der Waals surface area contributed by atoms with Crippen LogP contribution in [0.15, 0.2) is 23.1 Å². The number of nitrogens with zero attached hydrogens (tertiary/aromatic N) is 2. The number of nitro groups is 2. The van der Waals surface area contributed by atoms with Crippen molar-refractivity contribution in [1.82, 2.24) is 0 Å². The Kier molecular flexibility index (Phi) is 3.62. The molecule has 0 aliphatic rings. The van der Waals surface area contributed by atoms with Crippen LogP contribution in [0.5, 0.6) is 0 Å². The van der Waals surface area contributed by atoms with Crippen LogP contribution in [0, 0.1) is 20.2 Å².